The molecular formula is C27H26N2O4. The molecular weight excluding hydrogens is 416 g/mol. The van der Waals surface area contributed by atoms with E-state index in [1.54, 1.807) is 30.6 Å². The van der Waals surface area contributed by atoms with Crippen molar-refractivity contribution in [1.29, 1.82) is 0 Å². The van der Waals surface area contributed by atoms with Gasteiger partial charge in [0.15, 0.2) is 0 Å². The van der Waals surface area contributed by atoms with Gasteiger partial charge in [0.2, 0.25) is 0 Å². The summed E-state index contributed by atoms with van der Waals surface area (Å²) in [7, 11) is 0. The van der Waals surface area contributed by atoms with Crippen molar-refractivity contribution in [3.8, 4) is 5.75 Å². The number of aliphatic hydroxyl groups is 1. The number of ether oxygens (including phenoxy) is 1. The molecule has 1 atom stereocenters. The zero-order valence-corrected chi connectivity index (χ0v) is 18.9. The third kappa shape index (κ3) is 4.37. The molecule has 1 aliphatic rings. The predicted molar refractivity (Wildman–Crippen MR) is 126 cm³/mol. The van der Waals surface area contributed by atoms with Crippen molar-refractivity contribution in [2.45, 2.75) is 33.4 Å². The van der Waals surface area contributed by atoms with Crippen molar-refractivity contribution < 1.29 is 19.4 Å². The van der Waals surface area contributed by atoms with Crippen LogP contribution in [0.15, 0.2) is 72.6 Å². The molecule has 168 valence electrons. The number of pyridine rings is 1. The smallest absolute Gasteiger partial charge is 0.295 e. The van der Waals surface area contributed by atoms with E-state index in [4.69, 9.17) is 4.74 Å². The van der Waals surface area contributed by atoms with Crippen molar-refractivity contribution in [3.05, 3.63) is 100 Å². The van der Waals surface area contributed by atoms with Gasteiger partial charge in [-0.15, -0.1) is 0 Å². The molecule has 1 saturated heterocycles. The Labute approximate surface area is 193 Å². The molecule has 1 fully saturated rings. The van der Waals surface area contributed by atoms with Gasteiger partial charge < -0.3 is 14.7 Å². The SMILES string of the molecule is CCOc1ccc(C(O)=C2C(=O)C(=O)N(Cc3cccnc3)[C@H]2c2ccc(C)cc2)c(C)c1. The number of amides is 1. The van der Waals surface area contributed by atoms with Crippen molar-refractivity contribution in [2.24, 2.45) is 0 Å². The molecule has 2 heterocycles. The fourth-order valence-electron chi connectivity index (χ4n) is 4.13. The van der Waals surface area contributed by atoms with Crippen molar-refractivity contribution >= 4 is 17.4 Å². The number of nitrogens with zero attached hydrogens (tertiary/aromatic N) is 2. The lowest BCUT2D eigenvalue weighted by Crippen LogP contribution is -2.29. The molecule has 0 unspecified atom stereocenters. The van der Waals surface area contributed by atoms with Crippen LogP contribution in [0, 0.1) is 13.8 Å². The largest absolute Gasteiger partial charge is 0.507 e. The fraction of sp³-hybridized carbons (Fsp3) is 0.222. The lowest BCUT2D eigenvalue weighted by atomic mass is 9.93. The van der Waals surface area contributed by atoms with Gasteiger partial charge in [-0.2, -0.15) is 0 Å². The number of likely N-dealkylation sites (tertiary alicyclic amines) is 1. The normalized spacial score (nSPS) is 17.4. The van der Waals surface area contributed by atoms with E-state index >= 15 is 0 Å². The summed E-state index contributed by atoms with van der Waals surface area (Å²) in [5.41, 5.74) is 3.95. The molecule has 3 aromatic rings. The van der Waals surface area contributed by atoms with Gasteiger partial charge in [-0.3, -0.25) is 14.6 Å². The molecule has 4 rings (SSSR count). The summed E-state index contributed by atoms with van der Waals surface area (Å²) in [4.78, 5) is 31.9. The number of hydrogen-bond acceptors (Lipinski definition) is 5. The number of rotatable bonds is 6. The number of carbonyl (C=O) groups is 2. The average Bonchev–Trinajstić information content (AvgIpc) is 3.05. The van der Waals surface area contributed by atoms with Gasteiger partial charge in [0.25, 0.3) is 11.7 Å². The van der Waals surface area contributed by atoms with Crippen molar-refractivity contribution in [3.63, 3.8) is 0 Å². The second kappa shape index (κ2) is 9.28. The summed E-state index contributed by atoms with van der Waals surface area (Å²) < 4.78 is 5.54. The summed E-state index contributed by atoms with van der Waals surface area (Å²) in [5, 5.41) is 11.3. The maximum atomic E-state index is 13.2. The van der Waals surface area contributed by atoms with Crippen LogP contribution in [0.1, 0.15) is 40.8 Å². The van der Waals surface area contributed by atoms with E-state index in [-0.39, 0.29) is 17.9 Å². The highest BCUT2D eigenvalue weighted by Gasteiger charge is 2.46. The average molecular weight is 443 g/mol. The Morgan fingerprint density at radius 1 is 1.09 bits per heavy atom. The summed E-state index contributed by atoms with van der Waals surface area (Å²) in [6, 6.07) is 15.9. The van der Waals surface area contributed by atoms with Gasteiger partial charge in [-0.05, 0) is 61.7 Å². The number of ketones is 1. The molecule has 1 aromatic heterocycles. The first kappa shape index (κ1) is 22.3. The van der Waals surface area contributed by atoms with Crippen LogP contribution in [0.3, 0.4) is 0 Å². The fourth-order valence-corrected chi connectivity index (χ4v) is 4.13. The van der Waals surface area contributed by atoms with E-state index in [1.807, 2.05) is 57.2 Å². The van der Waals surface area contributed by atoms with Crippen LogP contribution in [0.25, 0.3) is 5.76 Å². The van der Waals surface area contributed by atoms with Gasteiger partial charge in [0, 0.05) is 24.5 Å². The Hall–Kier alpha value is -3.93. The van der Waals surface area contributed by atoms with Gasteiger partial charge in [0.05, 0.1) is 18.2 Å². The molecule has 0 aliphatic carbocycles. The van der Waals surface area contributed by atoms with E-state index in [9.17, 15) is 14.7 Å². The Bertz CT molecular complexity index is 1220. The lowest BCUT2D eigenvalue weighted by molar-refractivity contribution is -0.140. The number of aromatic nitrogens is 1. The van der Waals surface area contributed by atoms with Crippen LogP contribution in [0.5, 0.6) is 5.75 Å². The van der Waals surface area contributed by atoms with Crippen molar-refractivity contribution in [2.75, 3.05) is 6.61 Å². The van der Waals surface area contributed by atoms with Gasteiger partial charge in [-0.25, -0.2) is 0 Å². The molecule has 1 amide bonds. The summed E-state index contributed by atoms with van der Waals surface area (Å²) in [6.07, 6.45) is 3.33. The molecule has 33 heavy (non-hydrogen) atoms. The minimum absolute atomic E-state index is 0.0833. The van der Waals surface area contributed by atoms with Crippen molar-refractivity contribution in [1.82, 2.24) is 9.88 Å². The number of aryl methyl sites for hydroxylation is 2. The topological polar surface area (TPSA) is 79.7 Å². The number of benzene rings is 2. The van der Waals surface area contributed by atoms with Crippen LogP contribution in [0.2, 0.25) is 0 Å². The molecule has 0 radical (unpaired) electrons. The van der Waals surface area contributed by atoms with Crippen LogP contribution >= 0.6 is 0 Å². The van der Waals surface area contributed by atoms with Crippen LogP contribution in [-0.4, -0.2) is 33.3 Å². The highest BCUT2D eigenvalue weighted by atomic mass is 16.5. The second-order valence-electron chi connectivity index (χ2n) is 8.11. The molecule has 1 N–H and O–H groups in total. The Kier molecular flexibility index (Phi) is 6.27. The molecule has 0 saturated carbocycles. The third-order valence-corrected chi connectivity index (χ3v) is 5.77. The number of hydrogen-bond donors (Lipinski definition) is 1. The van der Waals surface area contributed by atoms with Gasteiger partial charge in [0.1, 0.15) is 11.5 Å². The van der Waals surface area contributed by atoms with E-state index in [0.29, 0.717) is 17.9 Å². The van der Waals surface area contributed by atoms with Gasteiger partial charge in [-0.1, -0.05) is 35.9 Å². The quantitative estimate of drug-likeness (QED) is 0.339. The van der Waals surface area contributed by atoms with Crippen LogP contribution in [-0.2, 0) is 16.1 Å². The predicted octanol–water partition coefficient (Wildman–Crippen LogP) is 4.72. The Balaban J connectivity index is 1.85. The van der Waals surface area contributed by atoms with E-state index in [1.165, 1.54) is 4.90 Å². The maximum absolute atomic E-state index is 13.2. The highest BCUT2D eigenvalue weighted by Crippen LogP contribution is 2.41. The van der Waals surface area contributed by atoms with E-state index in [0.717, 1.165) is 22.3 Å². The summed E-state index contributed by atoms with van der Waals surface area (Å²) in [6.45, 7) is 6.44. The molecule has 1 aliphatic heterocycles. The number of carbonyl (C=O) groups excluding carboxylic acids is 2. The van der Waals surface area contributed by atoms with Gasteiger partial charge >= 0.3 is 0 Å². The highest BCUT2D eigenvalue weighted by molar-refractivity contribution is 6.46. The second-order valence-corrected chi connectivity index (χ2v) is 8.11. The standard InChI is InChI=1S/C27H26N2O4/c1-4-33-21-11-12-22(18(3)14-21)25(30)23-24(20-9-7-17(2)8-10-20)29(27(32)26(23)31)16-19-6-5-13-28-15-19/h5-15,24,30H,4,16H2,1-3H3/t24-/m0/s1. The van der Waals surface area contributed by atoms with E-state index < -0.39 is 17.7 Å². The monoisotopic (exact) mass is 442 g/mol. The maximum Gasteiger partial charge on any atom is 0.295 e. The Morgan fingerprint density at radius 2 is 1.85 bits per heavy atom. The number of aliphatic hydroxyl groups excluding tert-OH is 1. The number of Topliss-reactive ketones (excluding diaryl/α,β-unsaturated/α-hetero) is 1. The zero-order valence-electron chi connectivity index (χ0n) is 18.9. The molecule has 2 aromatic carbocycles. The molecule has 6 heteroatoms. The molecule has 6 nitrogen and oxygen atoms in total. The zero-order chi connectivity index (χ0) is 23.5. The summed E-state index contributed by atoms with van der Waals surface area (Å²) in [5.74, 6) is -0.850. The van der Waals surface area contributed by atoms with Crippen LogP contribution < -0.4 is 4.74 Å². The molecule has 0 bridgehead atoms. The third-order valence-electron chi connectivity index (χ3n) is 5.77. The minimum Gasteiger partial charge on any atom is -0.507 e. The van der Waals surface area contributed by atoms with E-state index in [2.05, 4.69) is 4.98 Å². The summed E-state index contributed by atoms with van der Waals surface area (Å²) >= 11 is 0. The first-order valence-corrected chi connectivity index (χ1v) is 10.9. The Morgan fingerprint density at radius 3 is 2.48 bits per heavy atom. The first-order chi connectivity index (χ1) is 15.9. The molecule has 0 spiro atoms. The lowest BCUT2D eigenvalue weighted by Gasteiger charge is -2.25. The minimum atomic E-state index is -0.711. The first-order valence-electron chi connectivity index (χ1n) is 10.9. The van der Waals surface area contributed by atoms with Crippen LogP contribution in [0.4, 0.5) is 0 Å².